The van der Waals surface area contributed by atoms with Gasteiger partial charge in [0.1, 0.15) is 23.9 Å². The van der Waals surface area contributed by atoms with Crippen LogP contribution in [0.25, 0.3) is 0 Å². The lowest BCUT2D eigenvalue weighted by atomic mass is 10.0. The third kappa shape index (κ3) is 8.55. The Kier molecular flexibility index (Phi) is 11.4. The van der Waals surface area contributed by atoms with Crippen LogP contribution in [0.2, 0.25) is 0 Å². The second-order valence-corrected chi connectivity index (χ2v) is 9.28. The highest BCUT2D eigenvalue weighted by atomic mass is 16.4. The van der Waals surface area contributed by atoms with Crippen molar-refractivity contribution >= 4 is 29.6 Å². The Morgan fingerprint density at radius 3 is 2.11 bits per heavy atom. The van der Waals surface area contributed by atoms with E-state index < -0.39 is 78.1 Å². The number of aliphatic hydroxyl groups excluding tert-OH is 2. The number of carboxylic acid groups (broad SMARTS) is 1. The summed E-state index contributed by atoms with van der Waals surface area (Å²) in [6, 6.07) is -4.61. The molecule has 0 aliphatic heterocycles. The van der Waals surface area contributed by atoms with Gasteiger partial charge in [-0.05, 0) is 18.8 Å². The molecular formula is C22H38N6O8. The highest BCUT2D eigenvalue weighted by Gasteiger charge is 2.61. The minimum atomic E-state index is -1.77. The van der Waals surface area contributed by atoms with Gasteiger partial charge in [0.2, 0.25) is 23.6 Å². The van der Waals surface area contributed by atoms with E-state index in [-0.39, 0.29) is 18.8 Å². The fraction of sp³-hybridized carbons (Fsp3) is 0.682. The van der Waals surface area contributed by atoms with Crippen LogP contribution in [0, 0.1) is 5.92 Å². The highest BCUT2D eigenvalue weighted by Crippen LogP contribution is 2.37. The van der Waals surface area contributed by atoms with E-state index in [1.54, 1.807) is 20.8 Å². The maximum absolute atomic E-state index is 13.0. The summed E-state index contributed by atoms with van der Waals surface area (Å²) in [5.41, 5.74) is 9.21. The SMILES string of the molecule is C=C[C@H](NC(=O)[C@@H](N)CC)C(O)NC1(C(=O)N[C@@H](CC(=O)O)C(=O)N[C@@H](CC(C)C)C(N)=O)CC1O. The van der Waals surface area contributed by atoms with Crippen LogP contribution in [0.3, 0.4) is 0 Å². The number of nitrogens with two attached hydrogens (primary N) is 2. The Morgan fingerprint density at radius 1 is 1.11 bits per heavy atom. The van der Waals surface area contributed by atoms with Crippen LogP contribution in [0.1, 0.15) is 46.5 Å². The molecule has 0 spiro atoms. The molecule has 4 amide bonds. The zero-order valence-electron chi connectivity index (χ0n) is 20.7. The molecule has 0 heterocycles. The van der Waals surface area contributed by atoms with Gasteiger partial charge >= 0.3 is 5.97 Å². The molecule has 1 rings (SSSR count). The molecule has 0 saturated heterocycles. The van der Waals surface area contributed by atoms with Crippen LogP contribution in [0.15, 0.2) is 12.7 Å². The lowest BCUT2D eigenvalue weighted by Crippen LogP contribution is -2.62. The molecule has 11 N–H and O–H groups in total. The molecular weight excluding hydrogens is 476 g/mol. The molecule has 204 valence electrons. The zero-order valence-corrected chi connectivity index (χ0v) is 20.7. The smallest absolute Gasteiger partial charge is 0.305 e. The number of hydrogen-bond donors (Lipinski definition) is 9. The first-order valence-electron chi connectivity index (χ1n) is 11.6. The van der Waals surface area contributed by atoms with Crippen LogP contribution in [0.5, 0.6) is 0 Å². The Labute approximate surface area is 209 Å². The molecule has 1 aliphatic carbocycles. The minimum absolute atomic E-state index is 0.0175. The summed E-state index contributed by atoms with van der Waals surface area (Å²) in [7, 11) is 0. The van der Waals surface area contributed by atoms with E-state index in [9.17, 15) is 39.3 Å². The number of carbonyl (C=O) groups is 5. The summed E-state index contributed by atoms with van der Waals surface area (Å²) in [5.74, 6) is -4.73. The Bertz CT molecular complexity index is 852. The molecule has 0 aromatic heterocycles. The van der Waals surface area contributed by atoms with Crippen molar-refractivity contribution in [2.75, 3.05) is 0 Å². The first-order valence-corrected chi connectivity index (χ1v) is 11.6. The van der Waals surface area contributed by atoms with Crippen molar-refractivity contribution in [3.63, 3.8) is 0 Å². The molecule has 7 atom stereocenters. The fourth-order valence-electron chi connectivity index (χ4n) is 3.45. The standard InChI is InChI=1S/C22H38N6O8/c1-5-11(23)18(33)25-12(6-2)20(35)28-22(9-15(22)29)21(36)27-14(8-16(30)31)19(34)26-13(17(24)32)7-10(3)4/h6,10-15,20,28-29,35H,2,5,7-9,23H2,1,3-4H3,(H2,24,32)(H,25,33)(H,26,34)(H,27,36)(H,30,31)/t11-,12-,13-,14-,15?,20?,22?/m0/s1. The monoisotopic (exact) mass is 514 g/mol. The summed E-state index contributed by atoms with van der Waals surface area (Å²) >= 11 is 0. The minimum Gasteiger partial charge on any atom is -0.481 e. The van der Waals surface area contributed by atoms with Crippen molar-refractivity contribution < 1.29 is 39.3 Å². The summed E-state index contributed by atoms with van der Waals surface area (Å²) in [6.07, 6.45) is -2.11. The number of rotatable bonds is 16. The normalized spacial score (nSPS) is 22.9. The Morgan fingerprint density at radius 2 is 1.69 bits per heavy atom. The Hall–Kier alpha value is -3.07. The van der Waals surface area contributed by atoms with Gasteiger partial charge in [0, 0.05) is 6.42 Å². The molecule has 3 unspecified atom stereocenters. The quantitative estimate of drug-likeness (QED) is 0.0736. The lowest BCUT2D eigenvalue weighted by molar-refractivity contribution is -0.141. The van der Waals surface area contributed by atoms with E-state index in [4.69, 9.17) is 11.5 Å². The van der Waals surface area contributed by atoms with Gasteiger partial charge in [-0.25, -0.2) is 0 Å². The van der Waals surface area contributed by atoms with E-state index in [0.29, 0.717) is 6.42 Å². The van der Waals surface area contributed by atoms with Crippen LogP contribution >= 0.6 is 0 Å². The predicted molar refractivity (Wildman–Crippen MR) is 128 cm³/mol. The summed E-state index contributed by atoms with van der Waals surface area (Å²) in [5, 5.41) is 39.5. The molecule has 14 heteroatoms. The summed E-state index contributed by atoms with van der Waals surface area (Å²) in [4.78, 5) is 60.8. The number of aliphatic hydroxyl groups is 2. The highest BCUT2D eigenvalue weighted by molar-refractivity contribution is 5.97. The number of nitrogens with one attached hydrogen (secondary N) is 4. The average molecular weight is 515 g/mol. The first kappa shape index (κ1) is 31.0. The van der Waals surface area contributed by atoms with Crippen molar-refractivity contribution in [2.24, 2.45) is 17.4 Å². The number of hydrogen-bond acceptors (Lipinski definition) is 9. The van der Waals surface area contributed by atoms with Crippen molar-refractivity contribution in [3.8, 4) is 0 Å². The maximum atomic E-state index is 13.0. The van der Waals surface area contributed by atoms with Gasteiger partial charge in [0.25, 0.3) is 0 Å². The van der Waals surface area contributed by atoms with Gasteiger partial charge in [-0.1, -0.05) is 26.8 Å². The van der Waals surface area contributed by atoms with Gasteiger partial charge in [-0.2, -0.15) is 0 Å². The zero-order chi connectivity index (χ0) is 27.8. The molecule has 0 aromatic carbocycles. The number of carbonyl (C=O) groups excluding carboxylic acids is 4. The molecule has 1 fully saturated rings. The fourth-order valence-corrected chi connectivity index (χ4v) is 3.45. The molecule has 14 nitrogen and oxygen atoms in total. The van der Waals surface area contributed by atoms with Crippen molar-refractivity contribution in [1.82, 2.24) is 21.3 Å². The number of primary amides is 1. The summed E-state index contributed by atoms with van der Waals surface area (Å²) in [6.45, 7) is 8.81. The van der Waals surface area contributed by atoms with Crippen LogP contribution < -0.4 is 32.7 Å². The second-order valence-electron chi connectivity index (χ2n) is 9.28. The Balaban J connectivity index is 2.99. The number of amides is 4. The van der Waals surface area contributed by atoms with Crippen LogP contribution in [0.4, 0.5) is 0 Å². The average Bonchev–Trinajstić information content (AvgIpc) is 3.44. The van der Waals surface area contributed by atoms with Gasteiger partial charge in [0.15, 0.2) is 0 Å². The van der Waals surface area contributed by atoms with E-state index in [2.05, 4.69) is 27.8 Å². The van der Waals surface area contributed by atoms with E-state index in [1.807, 2.05) is 0 Å². The topological polar surface area (TPSA) is 246 Å². The third-order valence-electron chi connectivity index (χ3n) is 5.78. The molecule has 0 bridgehead atoms. The maximum Gasteiger partial charge on any atom is 0.305 e. The van der Waals surface area contributed by atoms with Crippen LogP contribution in [-0.4, -0.2) is 87.0 Å². The van der Waals surface area contributed by atoms with Gasteiger partial charge in [-0.15, -0.1) is 6.58 Å². The largest absolute Gasteiger partial charge is 0.481 e. The van der Waals surface area contributed by atoms with E-state index >= 15 is 0 Å². The van der Waals surface area contributed by atoms with Crippen molar-refractivity contribution in [3.05, 3.63) is 12.7 Å². The first-order chi connectivity index (χ1) is 16.7. The lowest BCUT2D eigenvalue weighted by Gasteiger charge is -2.29. The van der Waals surface area contributed by atoms with Gasteiger partial charge in [-0.3, -0.25) is 29.3 Å². The van der Waals surface area contributed by atoms with Crippen molar-refractivity contribution in [2.45, 2.75) is 88.5 Å². The third-order valence-corrected chi connectivity index (χ3v) is 5.78. The van der Waals surface area contributed by atoms with Gasteiger partial charge < -0.3 is 42.7 Å². The molecule has 36 heavy (non-hydrogen) atoms. The number of aliphatic carboxylic acids is 1. The molecule has 0 radical (unpaired) electrons. The van der Waals surface area contributed by atoms with Crippen molar-refractivity contribution in [1.29, 1.82) is 0 Å². The summed E-state index contributed by atoms with van der Waals surface area (Å²) < 4.78 is 0. The molecule has 0 aromatic rings. The van der Waals surface area contributed by atoms with Gasteiger partial charge in [0.05, 0.1) is 24.6 Å². The second kappa shape index (κ2) is 13.3. The predicted octanol–water partition coefficient (Wildman–Crippen LogP) is -3.22. The molecule has 1 aliphatic rings. The van der Waals surface area contributed by atoms with E-state index in [0.717, 1.165) is 0 Å². The van der Waals surface area contributed by atoms with E-state index in [1.165, 1.54) is 6.08 Å². The molecule has 1 saturated carbocycles. The number of carboxylic acids is 1. The van der Waals surface area contributed by atoms with Crippen LogP contribution in [-0.2, 0) is 24.0 Å².